The van der Waals surface area contributed by atoms with Crippen LogP contribution >= 0.6 is 0 Å². The third-order valence-electron chi connectivity index (χ3n) is 9.41. The van der Waals surface area contributed by atoms with Crippen LogP contribution in [0.15, 0.2) is 200 Å². The topological polar surface area (TPSA) is 6.48 Å². The fourth-order valence-corrected chi connectivity index (χ4v) is 6.62. The van der Waals surface area contributed by atoms with Crippen molar-refractivity contribution in [3.8, 4) is 11.1 Å². The Hall–Kier alpha value is -6.38. The second kappa shape index (κ2) is 17.7. The molecule has 0 fully saturated rings. The number of para-hydroxylation sites is 1. The van der Waals surface area contributed by atoms with Crippen molar-refractivity contribution in [3.05, 3.63) is 211 Å². The Bertz CT molecular complexity index is 2370. The van der Waals surface area contributed by atoms with Crippen molar-refractivity contribution in [2.24, 2.45) is 0 Å². The first-order valence-electron chi connectivity index (χ1n) is 18.5. The van der Waals surface area contributed by atoms with E-state index in [9.17, 15) is 0 Å². The van der Waals surface area contributed by atoms with E-state index in [1.165, 1.54) is 55.2 Å². The van der Waals surface area contributed by atoms with E-state index in [2.05, 4.69) is 194 Å². The van der Waals surface area contributed by atoms with Crippen LogP contribution in [0.25, 0.3) is 38.4 Å². The molecule has 0 aromatic heterocycles. The number of allylic oxidation sites excluding steroid dienone is 1. The van der Waals surface area contributed by atoms with E-state index in [4.69, 9.17) is 0 Å². The van der Waals surface area contributed by atoms with Crippen LogP contribution < -0.4 is 9.80 Å². The van der Waals surface area contributed by atoms with Gasteiger partial charge in [-0.3, -0.25) is 0 Å². The molecular formula is C51H48N2. The molecule has 8 aromatic carbocycles. The van der Waals surface area contributed by atoms with Gasteiger partial charge in [0.1, 0.15) is 0 Å². The van der Waals surface area contributed by atoms with Gasteiger partial charge in [0.2, 0.25) is 0 Å². The van der Waals surface area contributed by atoms with E-state index < -0.39 is 0 Å². The Morgan fingerprint density at radius 1 is 0.415 bits per heavy atom. The lowest BCUT2D eigenvalue weighted by atomic mass is 9.99. The zero-order chi connectivity index (χ0) is 37.0. The summed E-state index contributed by atoms with van der Waals surface area (Å²) < 4.78 is 0. The van der Waals surface area contributed by atoms with Gasteiger partial charge in [-0.25, -0.2) is 0 Å². The van der Waals surface area contributed by atoms with Gasteiger partial charge < -0.3 is 9.80 Å². The summed E-state index contributed by atoms with van der Waals surface area (Å²) in [6.07, 6.45) is 2.21. The van der Waals surface area contributed by atoms with Crippen LogP contribution in [0.2, 0.25) is 0 Å². The van der Waals surface area contributed by atoms with Crippen molar-refractivity contribution in [1.29, 1.82) is 0 Å². The molecule has 53 heavy (non-hydrogen) atoms. The van der Waals surface area contributed by atoms with E-state index in [1.807, 2.05) is 50.2 Å². The number of hydrogen-bond donors (Lipinski definition) is 0. The first kappa shape index (κ1) is 36.4. The molecule has 0 radical (unpaired) electrons. The lowest BCUT2D eigenvalue weighted by Crippen LogP contribution is -2.16. The van der Waals surface area contributed by atoms with E-state index in [1.54, 1.807) is 0 Å². The highest BCUT2D eigenvalue weighted by atomic mass is 15.1. The monoisotopic (exact) mass is 688 g/mol. The normalized spacial score (nSPS) is 10.8. The third-order valence-corrected chi connectivity index (χ3v) is 9.41. The van der Waals surface area contributed by atoms with Crippen LogP contribution in [0.3, 0.4) is 0 Å². The fraction of sp³-hybridized carbons (Fsp3) is 0.0980. The van der Waals surface area contributed by atoms with Gasteiger partial charge >= 0.3 is 0 Å². The van der Waals surface area contributed by atoms with Gasteiger partial charge in [0.25, 0.3) is 0 Å². The number of rotatable bonds is 7. The van der Waals surface area contributed by atoms with Gasteiger partial charge in [-0.15, -0.1) is 0 Å². The third kappa shape index (κ3) is 8.57. The van der Waals surface area contributed by atoms with E-state index in [0.29, 0.717) is 0 Å². The molecule has 0 bridgehead atoms. The number of hydrogen-bond acceptors (Lipinski definition) is 2. The Kier molecular flexibility index (Phi) is 12.2. The van der Waals surface area contributed by atoms with Gasteiger partial charge in [0.05, 0.1) is 0 Å². The molecule has 0 aliphatic rings. The van der Waals surface area contributed by atoms with Crippen molar-refractivity contribution in [2.75, 3.05) is 16.8 Å². The van der Waals surface area contributed by atoms with Gasteiger partial charge in [-0.05, 0) is 107 Å². The van der Waals surface area contributed by atoms with Crippen LogP contribution in [0.4, 0.5) is 22.7 Å². The molecule has 0 heterocycles. The molecule has 8 aromatic rings. The van der Waals surface area contributed by atoms with Crippen molar-refractivity contribution in [2.45, 2.75) is 27.7 Å². The molecule has 8 rings (SSSR count). The summed E-state index contributed by atoms with van der Waals surface area (Å²) in [4.78, 5) is 4.60. The molecule has 0 unspecified atom stereocenters. The average Bonchev–Trinajstić information content (AvgIpc) is 3.24. The predicted molar refractivity (Wildman–Crippen MR) is 233 cm³/mol. The van der Waals surface area contributed by atoms with Crippen LogP contribution in [0.1, 0.15) is 31.9 Å². The van der Waals surface area contributed by atoms with Gasteiger partial charge in [0, 0.05) is 41.1 Å². The average molecular weight is 689 g/mol. The fourth-order valence-electron chi connectivity index (χ4n) is 6.62. The van der Waals surface area contributed by atoms with Gasteiger partial charge in [-0.1, -0.05) is 159 Å². The summed E-state index contributed by atoms with van der Waals surface area (Å²) in [6.45, 7) is 8.30. The molecule has 0 N–H and O–H groups in total. The van der Waals surface area contributed by atoms with Gasteiger partial charge in [0.15, 0.2) is 0 Å². The first-order valence-corrected chi connectivity index (χ1v) is 18.5. The smallest absolute Gasteiger partial charge is 0.0494 e. The SMILES string of the molecule is C/C=C(\c1ccccc1C)N(c1ccccc1)c1ccc2cc(-c3ccc(N(C)c4ccc5ccccc5c4)cc3)ccc2c1.CC.c1ccccc1. The van der Waals surface area contributed by atoms with E-state index >= 15 is 0 Å². The summed E-state index contributed by atoms with van der Waals surface area (Å²) >= 11 is 0. The standard InChI is InChI=1S/C43H36N2.C6H6.C2H6/c1-4-43(42-17-11-8-12-31(42)2)45(39-15-6-5-7-16-39)41-27-23-36-28-35(18-19-37(36)30-41)33-20-24-38(25-21-33)44(3)40-26-22-32-13-9-10-14-34(32)29-40;1-2-4-6-5-3-1;1-2/h4-30H,1-3H3;1-6H;1-2H3/b43-4+;;. The maximum atomic E-state index is 2.36. The van der Waals surface area contributed by atoms with E-state index in [-0.39, 0.29) is 0 Å². The quantitative estimate of drug-likeness (QED) is 0.164. The van der Waals surface area contributed by atoms with Crippen LogP contribution in [0, 0.1) is 6.92 Å². The molecular weight excluding hydrogens is 641 g/mol. The molecule has 0 aliphatic carbocycles. The van der Waals surface area contributed by atoms with Crippen molar-refractivity contribution in [3.63, 3.8) is 0 Å². The van der Waals surface area contributed by atoms with Crippen molar-refractivity contribution >= 4 is 50.0 Å². The molecule has 0 saturated carbocycles. The highest BCUT2D eigenvalue weighted by molar-refractivity contribution is 5.95. The maximum Gasteiger partial charge on any atom is 0.0494 e. The summed E-state index contributed by atoms with van der Waals surface area (Å²) in [7, 11) is 2.13. The van der Waals surface area contributed by atoms with Crippen molar-refractivity contribution in [1.82, 2.24) is 0 Å². The summed E-state index contributed by atoms with van der Waals surface area (Å²) in [5.74, 6) is 0. The Balaban J connectivity index is 0.000000540. The number of anilines is 4. The summed E-state index contributed by atoms with van der Waals surface area (Å²) in [6, 6.07) is 68.8. The van der Waals surface area contributed by atoms with Crippen LogP contribution in [0.5, 0.6) is 0 Å². The number of nitrogens with zero attached hydrogens (tertiary/aromatic N) is 2. The maximum absolute atomic E-state index is 2.36. The molecule has 0 atom stereocenters. The number of aryl methyl sites for hydroxylation is 1. The second-order valence-corrected chi connectivity index (χ2v) is 12.7. The Morgan fingerprint density at radius 3 is 1.57 bits per heavy atom. The van der Waals surface area contributed by atoms with E-state index in [0.717, 1.165) is 17.1 Å². The lowest BCUT2D eigenvalue weighted by molar-refractivity contribution is 1.21. The minimum Gasteiger partial charge on any atom is -0.345 e. The first-order chi connectivity index (χ1) is 26.1. The minimum atomic E-state index is 1.14. The molecule has 0 amide bonds. The number of fused-ring (bicyclic) bond motifs is 2. The highest BCUT2D eigenvalue weighted by Crippen LogP contribution is 2.38. The molecule has 2 nitrogen and oxygen atoms in total. The molecule has 0 spiro atoms. The van der Waals surface area contributed by atoms with Gasteiger partial charge in [-0.2, -0.15) is 0 Å². The number of benzene rings is 8. The summed E-state index contributed by atoms with van der Waals surface area (Å²) in [5, 5.41) is 4.95. The Labute approximate surface area is 315 Å². The van der Waals surface area contributed by atoms with Crippen LogP contribution in [-0.4, -0.2) is 7.05 Å². The lowest BCUT2D eigenvalue weighted by Gasteiger charge is -2.29. The highest BCUT2D eigenvalue weighted by Gasteiger charge is 2.18. The summed E-state index contributed by atoms with van der Waals surface area (Å²) in [5.41, 5.74) is 10.7. The minimum absolute atomic E-state index is 1.14. The van der Waals surface area contributed by atoms with Crippen LogP contribution in [-0.2, 0) is 0 Å². The molecule has 262 valence electrons. The largest absolute Gasteiger partial charge is 0.345 e. The zero-order valence-corrected chi connectivity index (χ0v) is 31.4. The second-order valence-electron chi connectivity index (χ2n) is 12.7. The van der Waals surface area contributed by atoms with Crippen molar-refractivity contribution < 1.29 is 0 Å². The molecule has 0 saturated heterocycles. The molecule has 0 aliphatic heterocycles. The predicted octanol–water partition coefficient (Wildman–Crippen LogP) is 14.6. The zero-order valence-electron chi connectivity index (χ0n) is 31.4. The molecule has 2 heteroatoms. The Morgan fingerprint density at radius 2 is 0.887 bits per heavy atom.